The summed E-state index contributed by atoms with van der Waals surface area (Å²) in [5.41, 5.74) is 4.71. The Bertz CT molecular complexity index is 1440. The van der Waals surface area contributed by atoms with Gasteiger partial charge >= 0.3 is 5.97 Å². The molecule has 1 aliphatic heterocycles. The van der Waals surface area contributed by atoms with Crippen LogP contribution in [0.25, 0.3) is 11.1 Å². The zero-order chi connectivity index (χ0) is 25.1. The molecular weight excluding hydrogens is 495 g/mol. The number of ether oxygens (including phenoxy) is 1. The second-order valence-electron chi connectivity index (χ2n) is 8.49. The third-order valence-corrected chi connectivity index (χ3v) is 6.80. The predicted octanol–water partition coefficient (Wildman–Crippen LogP) is 6.29. The van der Waals surface area contributed by atoms with E-state index in [4.69, 9.17) is 32.9 Å². The molecule has 5 nitrogen and oxygen atoms in total. The average Bonchev–Trinajstić information content (AvgIpc) is 2.89. The summed E-state index contributed by atoms with van der Waals surface area (Å²) < 4.78 is 5.77. The molecule has 7 heteroatoms. The van der Waals surface area contributed by atoms with E-state index in [1.54, 1.807) is 18.2 Å². The Morgan fingerprint density at radius 2 is 1.58 bits per heavy atom. The second kappa shape index (κ2) is 10.5. The van der Waals surface area contributed by atoms with Crippen molar-refractivity contribution in [1.82, 2.24) is 10.3 Å². The molecule has 180 valence electrons. The summed E-state index contributed by atoms with van der Waals surface area (Å²) in [4.78, 5) is 31.6. The molecule has 1 N–H and O–H groups in total. The molecule has 1 aromatic heterocycles. The van der Waals surface area contributed by atoms with Crippen LogP contribution in [-0.4, -0.2) is 23.4 Å². The topological polar surface area (TPSA) is 68.3 Å². The molecule has 0 aliphatic carbocycles. The fourth-order valence-electron chi connectivity index (χ4n) is 4.37. The van der Waals surface area contributed by atoms with Gasteiger partial charge in [-0.05, 0) is 28.8 Å². The molecule has 5 rings (SSSR count). The van der Waals surface area contributed by atoms with Crippen molar-refractivity contribution >= 4 is 35.1 Å². The second-order valence-corrected chi connectivity index (χ2v) is 9.30. The quantitative estimate of drug-likeness (QED) is 0.306. The van der Waals surface area contributed by atoms with Gasteiger partial charge in [-0.15, -0.1) is 0 Å². The van der Waals surface area contributed by atoms with Crippen molar-refractivity contribution in [3.05, 3.63) is 123 Å². The molecule has 0 atom stereocenters. The Kier molecular flexibility index (Phi) is 7.03. The van der Waals surface area contributed by atoms with E-state index in [2.05, 4.69) is 5.32 Å². The molecule has 0 unspecified atom stereocenters. The number of fused-ring (bicyclic) bond motifs is 1. The highest BCUT2D eigenvalue weighted by Gasteiger charge is 2.31. The highest BCUT2D eigenvalue weighted by atomic mass is 35.5. The van der Waals surface area contributed by atoms with Crippen molar-refractivity contribution in [2.75, 3.05) is 6.54 Å². The number of hydrogen-bond donors (Lipinski definition) is 1. The molecule has 0 fully saturated rings. The zero-order valence-electron chi connectivity index (χ0n) is 19.3. The fourth-order valence-corrected chi connectivity index (χ4v) is 4.67. The minimum absolute atomic E-state index is 0.0918. The van der Waals surface area contributed by atoms with Crippen molar-refractivity contribution in [2.45, 2.75) is 19.4 Å². The van der Waals surface area contributed by atoms with Crippen molar-refractivity contribution < 1.29 is 14.3 Å². The average molecular weight is 517 g/mol. The number of hydrogen-bond acceptors (Lipinski definition) is 4. The summed E-state index contributed by atoms with van der Waals surface area (Å²) in [6.07, 6.45) is 0.955. The number of pyridine rings is 1. The van der Waals surface area contributed by atoms with Gasteiger partial charge in [0.25, 0.3) is 5.91 Å². The van der Waals surface area contributed by atoms with Crippen LogP contribution in [0.5, 0.6) is 0 Å². The van der Waals surface area contributed by atoms with E-state index in [-0.39, 0.29) is 18.1 Å². The van der Waals surface area contributed by atoms with Crippen molar-refractivity contribution in [3.63, 3.8) is 0 Å². The van der Waals surface area contributed by atoms with Crippen molar-refractivity contribution in [1.29, 1.82) is 0 Å². The summed E-state index contributed by atoms with van der Waals surface area (Å²) in [7, 11) is 0. The maximum Gasteiger partial charge on any atom is 0.341 e. The number of benzene rings is 3. The van der Waals surface area contributed by atoms with Crippen LogP contribution in [0.1, 0.15) is 43.2 Å². The minimum Gasteiger partial charge on any atom is -0.457 e. The number of carbonyl (C=O) groups excluding carboxylic acids is 2. The van der Waals surface area contributed by atoms with Gasteiger partial charge in [-0.2, -0.15) is 0 Å². The normalized spacial score (nSPS) is 12.6. The van der Waals surface area contributed by atoms with Gasteiger partial charge in [-0.3, -0.25) is 9.78 Å². The standard InChI is InChI=1S/C29H22Cl2N2O3/c30-21-12-11-20(16-22(21)31)25-26-23(13-14-32-28(26)34)33-24(15-18-7-3-1-4-8-18)27(25)29(35)36-17-19-9-5-2-6-10-19/h1-12,16H,13-15,17H2,(H,32,34). The Morgan fingerprint density at radius 3 is 2.28 bits per heavy atom. The molecule has 3 aromatic carbocycles. The van der Waals surface area contributed by atoms with E-state index in [9.17, 15) is 9.59 Å². The lowest BCUT2D eigenvalue weighted by Crippen LogP contribution is -2.34. The molecule has 4 aromatic rings. The van der Waals surface area contributed by atoms with Crippen LogP contribution in [0.3, 0.4) is 0 Å². The molecule has 0 bridgehead atoms. The SMILES string of the molecule is O=C1NCCc2nc(Cc3ccccc3)c(C(=O)OCc3ccccc3)c(-c3ccc(Cl)c(Cl)c3)c21. The molecule has 0 spiro atoms. The van der Waals surface area contributed by atoms with E-state index in [1.807, 2.05) is 60.7 Å². The first-order valence-corrected chi connectivity index (χ1v) is 12.3. The molecule has 36 heavy (non-hydrogen) atoms. The largest absolute Gasteiger partial charge is 0.457 e. The van der Waals surface area contributed by atoms with Gasteiger partial charge in [0.2, 0.25) is 0 Å². The molecule has 1 aliphatic rings. The van der Waals surface area contributed by atoms with E-state index in [0.717, 1.165) is 11.1 Å². The van der Waals surface area contributed by atoms with Gasteiger partial charge in [-0.25, -0.2) is 4.79 Å². The Morgan fingerprint density at radius 1 is 0.889 bits per heavy atom. The number of aromatic nitrogens is 1. The Hall–Kier alpha value is -3.67. The summed E-state index contributed by atoms with van der Waals surface area (Å²) in [5.74, 6) is -0.840. The Labute approximate surface area is 219 Å². The molecule has 0 saturated heterocycles. The van der Waals surface area contributed by atoms with Crippen LogP contribution in [0.4, 0.5) is 0 Å². The number of amides is 1. The fraction of sp³-hybridized carbons (Fsp3) is 0.138. The van der Waals surface area contributed by atoms with Gasteiger partial charge < -0.3 is 10.1 Å². The predicted molar refractivity (Wildman–Crippen MR) is 141 cm³/mol. The zero-order valence-corrected chi connectivity index (χ0v) is 20.8. The van der Waals surface area contributed by atoms with Crippen LogP contribution in [0.2, 0.25) is 10.0 Å². The summed E-state index contributed by atoms with van der Waals surface area (Å²) in [6.45, 7) is 0.566. The summed E-state index contributed by atoms with van der Waals surface area (Å²) >= 11 is 12.5. The van der Waals surface area contributed by atoms with Gasteiger partial charge in [0.1, 0.15) is 6.61 Å². The third-order valence-electron chi connectivity index (χ3n) is 6.06. The van der Waals surface area contributed by atoms with E-state index >= 15 is 0 Å². The number of nitrogens with one attached hydrogen (secondary N) is 1. The van der Waals surface area contributed by atoms with Gasteiger partial charge in [-0.1, -0.05) is 89.9 Å². The Balaban J connectivity index is 1.70. The maximum atomic E-state index is 13.7. The highest BCUT2D eigenvalue weighted by molar-refractivity contribution is 6.42. The maximum absolute atomic E-state index is 13.7. The van der Waals surface area contributed by atoms with E-state index in [0.29, 0.717) is 57.5 Å². The van der Waals surface area contributed by atoms with Crippen LogP contribution >= 0.6 is 23.2 Å². The molecular formula is C29H22Cl2N2O3. The first-order chi connectivity index (χ1) is 17.5. The smallest absolute Gasteiger partial charge is 0.341 e. The van der Waals surface area contributed by atoms with Crippen molar-refractivity contribution in [3.8, 4) is 11.1 Å². The van der Waals surface area contributed by atoms with Gasteiger partial charge in [0.05, 0.1) is 32.6 Å². The lowest BCUT2D eigenvalue weighted by atomic mass is 9.88. The van der Waals surface area contributed by atoms with Gasteiger partial charge in [0, 0.05) is 24.9 Å². The van der Waals surface area contributed by atoms with Gasteiger partial charge in [0.15, 0.2) is 0 Å². The lowest BCUT2D eigenvalue weighted by molar-refractivity contribution is 0.0472. The first kappa shape index (κ1) is 24.0. The van der Waals surface area contributed by atoms with Crippen molar-refractivity contribution in [2.24, 2.45) is 0 Å². The highest BCUT2D eigenvalue weighted by Crippen LogP contribution is 2.37. The van der Waals surface area contributed by atoms with Crippen LogP contribution in [-0.2, 0) is 24.2 Å². The third kappa shape index (κ3) is 4.99. The van der Waals surface area contributed by atoms with Crippen LogP contribution in [0, 0.1) is 0 Å². The van der Waals surface area contributed by atoms with Crippen LogP contribution < -0.4 is 5.32 Å². The lowest BCUT2D eigenvalue weighted by Gasteiger charge is -2.24. The monoisotopic (exact) mass is 516 g/mol. The van der Waals surface area contributed by atoms with Crippen LogP contribution in [0.15, 0.2) is 78.9 Å². The minimum atomic E-state index is -0.556. The number of carbonyl (C=O) groups is 2. The molecule has 2 heterocycles. The number of rotatable bonds is 6. The first-order valence-electron chi connectivity index (χ1n) is 11.6. The number of halogens is 2. The number of nitrogens with zero attached hydrogens (tertiary/aromatic N) is 1. The van der Waals surface area contributed by atoms with E-state index < -0.39 is 5.97 Å². The molecule has 1 amide bonds. The molecule has 0 saturated carbocycles. The number of esters is 1. The summed E-state index contributed by atoms with van der Waals surface area (Å²) in [5, 5.41) is 3.58. The molecule has 0 radical (unpaired) electrons. The van der Waals surface area contributed by atoms with E-state index in [1.165, 1.54) is 0 Å². The summed E-state index contributed by atoms with van der Waals surface area (Å²) in [6, 6.07) is 24.3.